The van der Waals surface area contributed by atoms with Gasteiger partial charge in [-0.05, 0) is 71.1 Å². The van der Waals surface area contributed by atoms with Gasteiger partial charge in [0.2, 0.25) is 5.91 Å². The molecule has 1 aromatic rings. The molecule has 0 bridgehead atoms. The fourth-order valence-electron chi connectivity index (χ4n) is 3.18. The van der Waals surface area contributed by atoms with Crippen LogP contribution in [0.4, 0.5) is 4.79 Å². The highest BCUT2D eigenvalue weighted by Crippen LogP contribution is 2.25. The molecule has 2 rings (SSSR count). The van der Waals surface area contributed by atoms with Crippen LogP contribution in [0.3, 0.4) is 0 Å². The number of hydrogen-bond donors (Lipinski definition) is 1. The van der Waals surface area contributed by atoms with Crippen molar-refractivity contribution >= 4 is 27.9 Å². The molecular weight excluding hydrogens is 408 g/mol. The Labute approximate surface area is 171 Å². The van der Waals surface area contributed by atoms with E-state index in [1.807, 2.05) is 58.9 Å². The van der Waals surface area contributed by atoms with Gasteiger partial charge in [-0.2, -0.15) is 0 Å². The van der Waals surface area contributed by atoms with E-state index in [4.69, 9.17) is 4.74 Å². The molecule has 150 valence electrons. The number of benzene rings is 1. The summed E-state index contributed by atoms with van der Waals surface area (Å²) >= 11 is 3.42. The fourth-order valence-corrected chi connectivity index (χ4v) is 3.44. The number of piperidine rings is 1. The lowest BCUT2D eigenvalue weighted by atomic mass is 9.83. The van der Waals surface area contributed by atoms with Gasteiger partial charge in [-0.25, -0.2) is 4.79 Å². The van der Waals surface area contributed by atoms with Gasteiger partial charge in [0.05, 0.1) is 5.41 Å². The molecule has 1 fully saturated rings. The minimum atomic E-state index is -0.611. The largest absolute Gasteiger partial charge is 0.444 e. The number of nitrogens with one attached hydrogen (secondary N) is 1. The first-order valence-corrected chi connectivity index (χ1v) is 10.3. The highest BCUT2D eigenvalue weighted by atomic mass is 79.9. The van der Waals surface area contributed by atoms with E-state index in [1.54, 1.807) is 4.90 Å². The summed E-state index contributed by atoms with van der Waals surface area (Å²) in [6.45, 7) is 11.4. The van der Waals surface area contributed by atoms with E-state index in [-0.39, 0.29) is 17.9 Å². The minimum Gasteiger partial charge on any atom is -0.444 e. The first kappa shape index (κ1) is 21.7. The second-order valence-electron chi connectivity index (χ2n) is 8.78. The van der Waals surface area contributed by atoms with Crippen LogP contribution in [0.2, 0.25) is 0 Å². The molecule has 1 aromatic carbocycles. The highest BCUT2D eigenvalue weighted by molar-refractivity contribution is 9.10. The van der Waals surface area contributed by atoms with E-state index in [2.05, 4.69) is 21.2 Å². The van der Waals surface area contributed by atoms with Gasteiger partial charge in [-0.1, -0.05) is 28.1 Å². The molecule has 1 aliphatic heterocycles. The Morgan fingerprint density at radius 1 is 1.19 bits per heavy atom. The summed E-state index contributed by atoms with van der Waals surface area (Å²) in [6, 6.07) is 7.83. The van der Waals surface area contributed by atoms with Crippen molar-refractivity contribution in [2.75, 3.05) is 19.6 Å². The average Bonchev–Trinajstić information content (AvgIpc) is 2.58. The number of carbonyl (C=O) groups is 2. The third-order valence-corrected chi connectivity index (χ3v) is 5.38. The number of ether oxygens (including phenoxy) is 1. The lowest BCUT2D eigenvalue weighted by Crippen LogP contribution is -2.47. The van der Waals surface area contributed by atoms with Crippen molar-refractivity contribution in [3.05, 3.63) is 34.3 Å². The highest BCUT2D eigenvalue weighted by Gasteiger charge is 2.32. The number of rotatable bonds is 4. The Bertz CT molecular complexity index is 665. The van der Waals surface area contributed by atoms with E-state index >= 15 is 0 Å². The van der Waals surface area contributed by atoms with Gasteiger partial charge in [0, 0.05) is 24.1 Å². The van der Waals surface area contributed by atoms with Crippen LogP contribution >= 0.6 is 15.9 Å². The maximum Gasteiger partial charge on any atom is 0.410 e. The van der Waals surface area contributed by atoms with E-state index in [0.717, 1.165) is 22.9 Å². The van der Waals surface area contributed by atoms with Crippen molar-refractivity contribution in [1.29, 1.82) is 0 Å². The summed E-state index contributed by atoms with van der Waals surface area (Å²) < 4.78 is 6.46. The Balaban J connectivity index is 1.90. The summed E-state index contributed by atoms with van der Waals surface area (Å²) in [4.78, 5) is 26.8. The first-order chi connectivity index (χ1) is 12.5. The van der Waals surface area contributed by atoms with Gasteiger partial charge in [-0.3, -0.25) is 4.79 Å². The van der Waals surface area contributed by atoms with Crippen LogP contribution in [0.25, 0.3) is 0 Å². The quantitative estimate of drug-likeness (QED) is 0.752. The van der Waals surface area contributed by atoms with Crippen LogP contribution in [-0.4, -0.2) is 42.1 Å². The van der Waals surface area contributed by atoms with Gasteiger partial charge >= 0.3 is 6.09 Å². The molecule has 0 aliphatic carbocycles. The molecule has 0 radical (unpaired) electrons. The molecule has 1 N–H and O–H groups in total. The minimum absolute atomic E-state index is 0.000728. The van der Waals surface area contributed by atoms with Crippen LogP contribution < -0.4 is 5.32 Å². The maximum atomic E-state index is 12.8. The average molecular weight is 439 g/mol. The molecule has 0 saturated carbocycles. The predicted octanol–water partition coefficient (Wildman–Crippen LogP) is 4.49. The van der Waals surface area contributed by atoms with Gasteiger partial charge in [0.25, 0.3) is 0 Å². The zero-order chi connectivity index (χ0) is 20.2. The van der Waals surface area contributed by atoms with E-state index in [0.29, 0.717) is 19.6 Å². The van der Waals surface area contributed by atoms with E-state index in [1.165, 1.54) is 0 Å². The number of carbonyl (C=O) groups excluding carboxylic acids is 2. The Morgan fingerprint density at radius 3 is 2.41 bits per heavy atom. The Kier molecular flexibility index (Phi) is 6.95. The van der Waals surface area contributed by atoms with Crippen LogP contribution in [0, 0.1) is 5.92 Å². The normalized spacial score (nSPS) is 18.1. The molecule has 1 saturated heterocycles. The lowest BCUT2D eigenvalue weighted by Gasteiger charge is -2.34. The van der Waals surface area contributed by atoms with Crippen molar-refractivity contribution < 1.29 is 14.3 Å². The number of likely N-dealkylation sites (tertiary alicyclic amines) is 1. The van der Waals surface area contributed by atoms with Crippen LogP contribution in [-0.2, 0) is 14.9 Å². The Hall–Kier alpha value is -1.56. The molecule has 1 heterocycles. The number of halogens is 1. The van der Waals surface area contributed by atoms with Crippen molar-refractivity contribution in [1.82, 2.24) is 10.2 Å². The molecule has 2 amide bonds. The van der Waals surface area contributed by atoms with Gasteiger partial charge in [-0.15, -0.1) is 0 Å². The molecule has 5 nitrogen and oxygen atoms in total. The molecule has 1 unspecified atom stereocenters. The topological polar surface area (TPSA) is 58.6 Å². The molecule has 0 aromatic heterocycles. The van der Waals surface area contributed by atoms with Crippen molar-refractivity contribution in [3.63, 3.8) is 0 Å². The van der Waals surface area contributed by atoms with E-state index < -0.39 is 11.0 Å². The number of hydrogen-bond acceptors (Lipinski definition) is 3. The SMILES string of the molecule is CC(C)(C)OC(=O)N1CCCC(CNC(=O)C(C)(C)c2ccc(Br)cc2)C1. The number of amides is 2. The molecule has 0 spiro atoms. The summed E-state index contributed by atoms with van der Waals surface area (Å²) in [5, 5.41) is 3.08. The van der Waals surface area contributed by atoms with Crippen LogP contribution in [0.5, 0.6) is 0 Å². The second-order valence-corrected chi connectivity index (χ2v) is 9.69. The summed E-state index contributed by atoms with van der Waals surface area (Å²) in [7, 11) is 0. The molecule has 1 atom stereocenters. The van der Waals surface area contributed by atoms with Crippen LogP contribution in [0.1, 0.15) is 53.0 Å². The molecule has 27 heavy (non-hydrogen) atoms. The molecule has 1 aliphatic rings. The van der Waals surface area contributed by atoms with Crippen molar-refractivity contribution in [2.45, 2.75) is 58.5 Å². The second kappa shape index (κ2) is 8.63. The van der Waals surface area contributed by atoms with Gasteiger partial charge < -0.3 is 15.0 Å². The summed E-state index contributed by atoms with van der Waals surface area (Å²) in [5.74, 6) is 0.246. The molecular formula is C21H31BrN2O3. The van der Waals surface area contributed by atoms with E-state index in [9.17, 15) is 9.59 Å². The van der Waals surface area contributed by atoms with Crippen molar-refractivity contribution in [2.24, 2.45) is 5.92 Å². The van der Waals surface area contributed by atoms with Crippen LogP contribution in [0.15, 0.2) is 28.7 Å². The first-order valence-electron chi connectivity index (χ1n) is 9.51. The van der Waals surface area contributed by atoms with Gasteiger partial charge in [0.15, 0.2) is 0 Å². The lowest BCUT2D eigenvalue weighted by molar-refractivity contribution is -0.125. The predicted molar refractivity (Wildman–Crippen MR) is 111 cm³/mol. The number of nitrogens with zero attached hydrogens (tertiary/aromatic N) is 1. The zero-order valence-electron chi connectivity index (χ0n) is 17.0. The summed E-state index contributed by atoms with van der Waals surface area (Å²) in [6.07, 6.45) is 1.66. The zero-order valence-corrected chi connectivity index (χ0v) is 18.6. The maximum absolute atomic E-state index is 12.8. The van der Waals surface area contributed by atoms with Crippen molar-refractivity contribution in [3.8, 4) is 0 Å². The van der Waals surface area contributed by atoms with Gasteiger partial charge in [0.1, 0.15) is 5.60 Å². The Morgan fingerprint density at radius 2 is 1.81 bits per heavy atom. The fraction of sp³-hybridized carbons (Fsp3) is 0.619. The smallest absolute Gasteiger partial charge is 0.410 e. The third kappa shape index (κ3) is 6.23. The third-order valence-electron chi connectivity index (χ3n) is 4.86. The monoisotopic (exact) mass is 438 g/mol. The summed E-state index contributed by atoms with van der Waals surface area (Å²) in [5.41, 5.74) is -0.130. The standard InChI is InChI=1S/C21H31BrN2O3/c1-20(2,3)27-19(26)24-12-6-7-15(14-24)13-23-18(25)21(4,5)16-8-10-17(22)11-9-16/h8-11,15H,6-7,12-14H2,1-5H3,(H,23,25). The molecule has 6 heteroatoms.